The topological polar surface area (TPSA) is 97.4 Å². The van der Waals surface area contributed by atoms with E-state index < -0.39 is 0 Å². The Morgan fingerprint density at radius 3 is 2.31 bits per heavy atom. The second-order valence-electron chi connectivity index (χ2n) is 6.82. The van der Waals surface area contributed by atoms with Crippen molar-refractivity contribution < 1.29 is 14.1 Å². The number of halogens is 1. The van der Waals surface area contributed by atoms with E-state index in [-0.39, 0.29) is 23.3 Å². The molecule has 1 aliphatic heterocycles. The van der Waals surface area contributed by atoms with Gasteiger partial charge in [0.1, 0.15) is 0 Å². The van der Waals surface area contributed by atoms with Crippen LogP contribution in [-0.4, -0.2) is 67.9 Å². The number of aryl methyl sites for hydroxylation is 2. The summed E-state index contributed by atoms with van der Waals surface area (Å²) in [6.45, 7) is 5.13. The highest BCUT2D eigenvalue weighted by Crippen LogP contribution is 2.16. The van der Waals surface area contributed by atoms with Crippen LogP contribution in [-0.2, 0) is 0 Å². The first-order chi connectivity index (χ1) is 13.9. The van der Waals surface area contributed by atoms with Gasteiger partial charge in [0.05, 0.1) is 17.1 Å². The molecule has 3 aromatic rings. The highest BCUT2D eigenvalue weighted by Gasteiger charge is 2.29. The smallest absolute Gasteiger partial charge is 0.292 e. The lowest BCUT2D eigenvalue weighted by Gasteiger charge is -2.33. The molecule has 29 heavy (non-hydrogen) atoms. The first kappa shape index (κ1) is 19.1. The van der Waals surface area contributed by atoms with Gasteiger partial charge in [-0.05, 0) is 32.0 Å². The number of aromatic nitrogens is 4. The predicted molar refractivity (Wildman–Crippen MR) is 104 cm³/mol. The van der Waals surface area contributed by atoms with E-state index in [1.54, 1.807) is 47.9 Å². The van der Waals surface area contributed by atoms with E-state index in [0.717, 1.165) is 0 Å². The highest BCUT2D eigenvalue weighted by atomic mass is 35.5. The molecule has 150 valence electrons. The van der Waals surface area contributed by atoms with Crippen molar-refractivity contribution in [3.63, 3.8) is 0 Å². The third-order valence-electron chi connectivity index (χ3n) is 4.72. The Morgan fingerprint density at radius 1 is 1.00 bits per heavy atom. The van der Waals surface area contributed by atoms with Gasteiger partial charge in [-0.15, -0.1) is 5.10 Å². The van der Waals surface area contributed by atoms with Gasteiger partial charge in [-0.1, -0.05) is 22.8 Å². The molecule has 3 heterocycles. The maximum atomic E-state index is 12.9. The van der Waals surface area contributed by atoms with Crippen molar-refractivity contribution in [2.24, 2.45) is 0 Å². The monoisotopic (exact) mass is 414 g/mol. The number of hydrogen-bond donors (Lipinski definition) is 0. The number of hydrogen-bond acceptors (Lipinski definition) is 6. The maximum absolute atomic E-state index is 12.9. The summed E-state index contributed by atoms with van der Waals surface area (Å²) in [5.74, 6) is -0.221. The molecule has 1 saturated heterocycles. The largest absolute Gasteiger partial charge is 0.351 e. The molecule has 0 bridgehead atoms. The van der Waals surface area contributed by atoms with Crippen molar-refractivity contribution >= 4 is 23.4 Å². The molecule has 1 aromatic carbocycles. The summed E-state index contributed by atoms with van der Waals surface area (Å²) in [5, 5.41) is 13.0. The molecule has 0 radical (unpaired) electrons. The molecule has 0 spiro atoms. The fourth-order valence-corrected chi connectivity index (χ4v) is 3.36. The van der Waals surface area contributed by atoms with Crippen LogP contribution < -0.4 is 0 Å². The Morgan fingerprint density at radius 2 is 1.69 bits per heavy atom. The second-order valence-corrected chi connectivity index (χ2v) is 7.26. The number of carbonyl (C=O) groups is 2. The molecule has 1 aliphatic rings. The summed E-state index contributed by atoms with van der Waals surface area (Å²) >= 11 is 6.02. The molecule has 2 amide bonds. The van der Waals surface area contributed by atoms with Crippen molar-refractivity contribution in [1.82, 2.24) is 30.0 Å². The van der Waals surface area contributed by atoms with Crippen LogP contribution in [0.25, 0.3) is 5.69 Å². The quantitative estimate of drug-likeness (QED) is 0.651. The Hall–Kier alpha value is -3.20. The zero-order chi connectivity index (χ0) is 20.5. The highest BCUT2D eigenvalue weighted by molar-refractivity contribution is 6.30. The van der Waals surface area contributed by atoms with Crippen LogP contribution in [0.15, 0.2) is 34.9 Å². The molecule has 0 unspecified atom stereocenters. The molecule has 10 heteroatoms. The van der Waals surface area contributed by atoms with Crippen LogP contribution in [0, 0.1) is 13.8 Å². The zero-order valence-corrected chi connectivity index (χ0v) is 16.8. The van der Waals surface area contributed by atoms with Crippen molar-refractivity contribution in [2.45, 2.75) is 13.8 Å². The summed E-state index contributed by atoms with van der Waals surface area (Å²) < 4.78 is 5.04. The molecule has 0 saturated carbocycles. The third-order valence-corrected chi connectivity index (χ3v) is 4.95. The summed E-state index contributed by atoms with van der Waals surface area (Å²) in [6.07, 6.45) is 0. The molecule has 1 fully saturated rings. The number of amides is 2. The fourth-order valence-electron chi connectivity index (χ4n) is 3.18. The lowest BCUT2D eigenvalue weighted by molar-refractivity contribution is 0.0509. The minimum atomic E-state index is -0.221. The van der Waals surface area contributed by atoms with Crippen LogP contribution in [0.2, 0.25) is 5.02 Å². The Bertz CT molecular complexity index is 1070. The Labute approximate surface area is 171 Å². The van der Waals surface area contributed by atoms with Crippen LogP contribution >= 0.6 is 11.6 Å². The minimum Gasteiger partial charge on any atom is -0.351 e. The first-order valence-corrected chi connectivity index (χ1v) is 9.52. The predicted octanol–water partition coefficient (Wildman–Crippen LogP) is 2.12. The van der Waals surface area contributed by atoms with Gasteiger partial charge in [0.2, 0.25) is 5.76 Å². The zero-order valence-electron chi connectivity index (χ0n) is 16.0. The van der Waals surface area contributed by atoms with Gasteiger partial charge in [0, 0.05) is 37.3 Å². The van der Waals surface area contributed by atoms with Crippen molar-refractivity contribution in [3.05, 3.63) is 58.2 Å². The van der Waals surface area contributed by atoms with Crippen LogP contribution in [0.5, 0.6) is 0 Å². The van der Waals surface area contributed by atoms with Crippen molar-refractivity contribution in [2.75, 3.05) is 26.2 Å². The Balaban J connectivity index is 1.44. The number of carbonyl (C=O) groups excluding carboxylic acids is 2. The summed E-state index contributed by atoms with van der Waals surface area (Å²) in [6, 6.07) is 8.70. The molecular formula is C19H19ClN6O3. The van der Waals surface area contributed by atoms with E-state index >= 15 is 0 Å². The van der Waals surface area contributed by atoms with Crippen molar-refractivity contribution in [3.8, 4) is 5.69 Å². The van der Waals surface area contributed by atoms with E-state index in [4.69, 9.17) is 16.1 Å². The second kappa shape index (κ2) is 7.67. The molecule has 4 rings (SSSR count). The van der Waals surface area contributed by atoms with E-state index in [1.807, 2.05) is 6.07 Å². The van der Waals surface area contributed by atoms with Gasteiger partial charge in [0.25, 0.3) is 11.8 Å². The molecular weight excluding hydrogens is 396 g/mol. The average molecular weight is 415 g/mol. The van der Waals surface area contributed by atoms with E-state index in [1.165, 1.54) is 4.80 Å². The SMILES string of the molecule is Cc1cc(C(=O)N2CCN(C(=O)c3nn(-c4cccc(Cl)c4)nc3C)CC2)on1. The minimum absolute atomic E-state index is 0.210. The van der Waals surface area contributed by atoms with Gasteiger partial charge < -0.3 is 14.3 Å². The number of rotatable bonds is 3. The van der Waals surface area contributed by atoms with Gasteiger partial charge in [-0.2, -0.15) is 9.90 Å². The van der Waals surface area contributed by atoms with Gasteiger partial charge >= 0.3 is 0 Å². The lowest BCUT2D eigenvalue weighted by Crippen LogP contribution is -2.50. The fraction of sp³-hybridized carbons (Fsp3) is 0.316. The molecule has 9 nitrogen and oxygen atoms in total. The van der Waals surface area contributed by atoms with E-state index in [2.05, 4.69) is 15.4 Å². The maximum Gasteiger partial charge on any atom is 0.292 e. The summed E-state index contributed by atoms with van der Waals surface area (Å²) in [4.78, 5) is 30.1. The van der Waals surface area contributed by atoms with Crippen LogP contribution in [0.1, 0.15) is 32.4 Å². The lowest BCUT2D eigenvalue weighted by atomic mass is 10.2. The number of nitrogens with zero attached hydrogens (tertiary/aromatic N) is 6. The number of benzene rings is 1. The van der Waals surface area contributed by atoms with Gasteiger partial charge in [-0.3, -0.25) is 9.59 Å². The first-order valence-electron chi connectivity index (χ1n) is 9.14. The van der Waals surface area contributed by atoms with E-state index in [9.17, 15) is 9.59 Å². The summed E-state index contributed by atoms with van der Waals surface area (Å²) in [5.41, 5.74) is 2.15. The number of piperazine rings is 1. The van der Waals surface area contributed by atoms with Crippen LogP contribution in [0.4, 0.5) is 0 Å². The molecule has 0 atom stereocenters. The molecule has 2 aromatic heterocycles. The normalized spacial score (nSPS) is 14.3. The standard InChI is InChI=1S/C19H19ClN6O3/c1-12-10-16(29-23-12)18(27)24-6-8-25(9-7-24)19(28)17-13(2)21-26(22-17)15-5-3-4-14(20)11-15/h3-5,10-11H,6-9H2,1-2H3. The third kappa shape index (κ3) is 3.86. The Kier molecular flexibility index (Phi) is 5.06. The average Bonchev–Trinajstić information content (AvgIpc) is 3.33. The van der Waals surface area contributed by atoms with Crippen molar-refractivity contribution in [1.29, 1.82) is 0 Å². The van der Waals surface area contributed by atoms with Gasteiger partial charge in [0.15, 0.2) is 5.69 Å². The van der Waals surface area contributed by atoms with Gasteiger partial charge in [-0.25, -0.2) is 0 Å². The van der Waals surface area contributed by atoms with Crippen LogP contribution in [0.3, 0.4) is 0 Å². The van der Waals surface area contributed by atoms with E-state index in [0.29, 0.717) is 48.3 Å². The molecule has 0 N–H and O–H groups in total. The molecule has 0 aliphatic carbocycles. The summed E-state index contributed by atoms with van der Waals surface area (Å²) in [7, 11) is 0.